The summed E-state index contributed by atoms with van der Waals surface area (Å²) in [5, 5.41) is 21.4. The predicted octanol–water partition coefficient (Wildman–Crippen LogP) is -0.0803. The van der Waals surface area contributed by atoms with Crippen LogP contribution in [0, 0.1) is 5.92 Å². The number of ether oxygens (including phenoxy) is 1. The van der Waals surface area contributed by atoms with Crippen LogP contribution in [-0.4, -0.2) is 57.5 Å². The Hall–Kier alpha value is -2.56. The van der Waals surface area contributed by atoms with Crippen molar-refractivity contribution >= 4 is 29.5 Å². The summed E-state index contributed by atoms with van der Waals surface area (Å²) in [6.07, 6.45) is -0.893. The molecule has 144 valence electrons. The molecule has 0 radical (unpaired) electrons. The van der Waals surface area contributed by atoms with Crippen LogP contribution in [0.3, 0.4) is 0 Å². The Morgan fingerprint density at radius 1 is 1.44 bits per heavy atom. The van der Waals surface area contributed by atoms with Crippen molar-refractivity contribution in [3.8, 4) is 5.75 Å². The van der Waals surface area contributed by atoms with Crippen LogP contribution in [0.5, 0.6) is 5.75 Å². The zero-order valence-electron chi connectivity index (χ0n) is 14.4. The Morgan fingerprint density at radius 3 is 2.81 bits per heavy atom. The highest BCUT2D eigenvalue weighted by molar-refractivity contribution is 8.03. The molecular formula is C17H19N3O6S. The minimum Gasteiger partial charge on any atom is -0.476 e. The number of thioether (sulfide) groups is 1. The molecule has 1 aromatic carbocycles. The number of benzene rings is 1. The van der Waals surface area contributed by atoms with Crippen LogP contribution in [0.25, 0.3) is 0 Å². The van der Waals surface area contributed by atoms with Crippen molar-refractivity contribution in [2.75, 3.05) is 13.1 Å². The molecule has 0 aromatic heterocycles. The lowest BCUT2D eigenvalue weighted by Crippen LogP contribution is -2.60. The lowest BCUT2D eigenvalue weighted by Gasteiger charge is -2.43. The number of carboxylic acids is 1. The van der Waals surface area contributed by atoms with Crippen molar-refractivity contribution in [1.29, 1.82) is 0 Å². The van der Waals surface area contributed by atoms with Crippen LogP contribution in [-0.2, 0) is 9.59 Å². The van der Waals surface area contributed by atoms with Gasteiger partial charge >= 0.3 is 5.97 Å². The zero-order valence-corrected chi connectivity index (χ0v) is 15.2. The van der Waals surface area contributed by atoms with Gasteiger partial charge in [0.15, 0.2) is 10.8 Å². The van der Waals surface area contributed by atoms with Gasteiger partial charge in [-0.2, -0.15) is 0 Å². The number of amides is 2. The maximum atomic E-state index is 12.2. The van der Waals surface area contributed by atoms with E-state index in [9.17, 15) is 24.6 Å². The van der Waals surface area contributed by atoms with Gasteiger partial charge in [-0.05, 0) is 25.1 Å². The first kappa shape index (κ1) is 19.2. The Kier molecular flexibility index (Phi) is 5.40. The summed E-state index contributed by atoms with van der Waals surface area (Å²) in [4.78, 5) is 37.0. The number of nitrogens with one attached hydrogen (secondary N) is 1. The van der Waals surface area contributed by atoms with E-state index in [4.69, 9.17) is 10.5 Å². The molecule has 0 spiro atoms. The first-order chi connectivity index (χ1) is 12.8. The number of carbonyl (C=O) groups excluding carboxylic acids is 2. The summed E-state index contributed by atoms with van der Waals surface area (Å²) in [7, 11) is 0. The number of carboxylic acid groups (broad SMARTS) is 1. The number of aliphatic hydroxyl groups excluding tert-OH is 1. The highest BCUT2D eigenvalue weighted by atomic mass is 32.2. The standard InChI is InChI=1S/C17H19N3O6S/c1-8(21)11-14(23)20-12(16(24)25)17(27-15(11)20)26-10-4-2-3-9(7-10)13(22)19-6-5-18/h2-4,7-8,11,15,21H,5-6,18H2,1H3,(H,19,22)(H,24,25)/t8-,11?,15?/m1/s1. The SMILES string of the molecule is C[C@@H](O)C1C(=O)N2C(C(=O)O)=C(Oc3cccc(C(=O)NCCN)c3)SC12. The van der Waals surface area contributed by atoms with Crippen molar-refractivity contribution in [2.24, 2.45) is 11.7 Å². The van der Waals surface area contributed by atoms with Crippen molar-refractivity contribution in [3.05, 3.63) is 40.6 Å². The lowest BCUT2D eigenvalue weighted by atomic mass is 9.92. The lowest BCUT2D eigenvalue weighted by molar-refractivity contribution is -0.156. The van der Waals surface area contributed by atoms with Gasteiger partial charge in [0, 0.05) is 18.7 Å². The van der Waals surface area contributed by atoms with E-state index < -0.39 is 29.3 Å². The average molecular weight is 393 g/mol. The molecule has 2 aliphatic rings. The molecule has 0 aliphatic carbocycles. The highest BCUT2D eigenvalue weighted by Crippen LogP contribution is 2.50. The monoisotopic (exact) mass is 393 g/mol. The molecule has 1 saturated heterocycles. The second-order valence-electron chi connectivity index (χ2n) is 6.10. The van der Waals surface area contributed by atoms with E-state index in [1.807, 2.05) is 0 Å². The molecular weight excluding hydrogens is 374 g/mol. The quantitative estimate of drug-likeness (QED) is 0.471. The normalized spacial score (nSPS) is 22.2. The van der Waals surface area contributed by atoms with Crippen molar-refractivity contribution in [3.63, 3.8) is 0 Å². The maximum Gasteiger partial charge on any atom is 0.357 e. The van der Waals surface area contributed by atoms with Gasteiger partial charge in [-0.25, -0.2) is 4.79 Å². The molecule has 2 unspecified atom stereocenters. The van der Waals surface area contributed by atoms with Crippen LogP contribution in [0.4, 0.5) is 0 Å². The first-order valence-corrected chi connectivity index (χ1v) is 9.14. The van der Waals surface area contributed by atoms with E-state index in [1.54, 1.807) is 18.2 Å². The highest BCUT2D eigenvalue weighted by Gasteiger charge is 2.58. The van der Waals surface area contributed by atoms with Gasteiger partial charge in [0.1, 0.15) is 11.1 Å². The molecule has 2 heterocycles. The fourth-order valence-corrected chi connectivity index (χ4v) is 4.38. The van der Waals surface area contributed by atoms with E-state index in [1.165, 1.54) is 13.0 Å². The smallest absolute Gasteiger partial charge is 0.357 e. The van der Waals surface area contributed by atoms with Gasteiger partial charge in [0.2, 0.25) is 5.91 Å². The summed E-state index contributed by atoms with van der Waals surface area (Å²) in [6, 6.07) is 6.25. The number of rotatable bonds is 7. The van der Waals surface area contributed by atoms with Gasteiger partial charge < -0.3 is 26.0 Å². The van der Waals surface area contributed by atoms with E-state index in [0.29, 0.717) is 18.7 Å². The zero-order chi connectivity index (χ0) is 19.7. The average Bonchev–Trinajstić information content (AvgIpc) is 2.93. The maximum absolute atomic E-state index is 12.2. The van der Waals surface area contributed by atoms with Crippen LogP contribution >= 0.6 is 11.8 Å². The minimum absolute atomic E-state index is 0.0449. The van der Waals surface area contributed by atoms with E-state index >= 15 is 0 Å². The van der Waals surface area contributed by atoms with Crippen LogP contribution in [0.15, 0.2) is 35.1 Å². The van der Waals surface area contributed by atoms with Crippen LogP contribution < -0.4 is 15.8 Å². The third-order valence-corrected chi connectivity index (χ3v) is 5.44. The number of hydrogen-bond donors (Lipinski definition) is 4. The van der Waals surface area contributed by atoms with Crippen LogP contribution in [0.2, 0.25) is 0 Å². The fourth-order valence-electron chi connectivity index (χ4n) is 2.92. The Balaban J connectivity index is 1.82. The fraction of sp³-hybridized carbons (Fsp3) is 0.353. The Labute approximate surface area is 159 Å². The first-order valence-electron chi connectivity index (χ1n) is 8.26. The molecule has 1 fully saturated rings. The summed E-state index contributed by atoms with van der Waals surface area (Å²) in [6.45, 7) is 2.12. The number of nitrogens with two attached hydrogens (primary N) is 1. The molecule has 10 heteroatoms. The summed E-state index contributed by atoms with van der Waals surface area (Å²) in [5.41, 5.74) is 5.44. The third kappa shape index (κ3) is 3.51. The molecule has 3 atom stereocenters. The van der Waals surface area contributed by atoms with Gasteiger partial charge in [-0.1, -0.05) is 17.8 Å². The van der Waals surface area contributed by atoms with E-state index in [0.717, 1.165) is 16.7 Å². The van der Waals surface area contributed by atoms with Crippen LogP contribution in [0.1, 0.15) is 17.3 Å². The molecule has 9 nitrogen and oxygen atoms in total. The molecule has 1 aromatic rings. The predicted molar refractivity (Wildman–Crippen MR) is 96.5 cm³/mol. The molecule has 0 bridgehead atoms. The second kappa shape index (κ2) is 7.59. The minimum atomic E-state index is -1.30. The van der Waals surface area contributed by atoms with Gasteiger partial charge in [-0.3, -0.25) is 14.5 Å². The number of β-lactam (4-membered cyclic amide) rings is 1. The molecule has 2 amide bonds. The number of fused-ring (bicyclic) bond motifs is 1. The number of carbonyl (C=O) groups is 3. The van der Waals surface area contributed by atoms with E-state index in [-0.39, 0.29) is 22.4 Å². The Morgan fingerprint density at radius 2 is 2.19 bits per heavy atom. The summed E-state index contributed by atoms with van der Waals surface area (Å²) in [5.74, 6) is -2.49. The van der Waals surface area contributed by atoms with Gasteiger partial charge in [0.25, 0.3) is 5.91 Å². The molecule has 2 aliphatic heterocycles. The number of hydrogen-bond acceptors (Lipinski definition) is 7. The third-order valence-electron chi connectivity index (χ3n) is 4.21. The summed E-state index contributed by atoms with van der Waals surface area (Å²) >= 11 is 1.06. The molecule has 3 rings (SSSR count). The molecule has 27 heavy (non-hydrogen) atoms. The second-order valence-corrected chi connectivity index (χ2v) is 7.19. The number of aliphatic carboxylic acids is 1. The summed E-state index contributed by atoms with van der Waals surface area (Å²) < 4.78 is 5.68. The van der Waals surface area contributed by atoms with Gasteiger partial charge in [0.05, 0.1) is 12.0 Å². The topological polar surface area (TPSA) is 142 Å². The molecule has 5 N–H and O–H groups in total. The van der Waals surface area contributed by atoms with E-state index in [2.05, 4.69) is 5.32 Å². The Bertz CT molecular complexity index is 825. The largest absolute Gasteiger partial charge is 0.476 e. The number of aliphatic hydroxyl groups is 1. The number of nitrogens with zero attached hydrogens (tertiary/aromatic N) is 1. The molecule has 0 saturated carbocycles. The van der Waals surface area contributed by atoms with Crippen molar-refractivity contribution in [1.82, 2.24) is 10.2 Å². The van der Waals surface area contributed by atoms with Gasteiger partial charge in [-0.15, -0.1) is 0 Å². The van der Waals surface area contributed by atoms with Crippen molar-refractivity contribution < 1.29 is 29.3 Å². The van der Waals surface area contributed by atoms with Crippen molar-refractivity contribution in [2.45, 2.75) is 18.4 Å².